The minimum atomic E-state index is -0.748. The number of nitrogens with zero attached hydrogens (tertiary/aromatic N) is 1. The van der Waals surface area contributed by atoms with Crippen molar-refractivity contribution in [2.75, 3.05) is 0 Å². The van der Waals surface area contributed by atoms with Gasteiger partial charge in [-0.15, -0.1) is 0 Å². The molecule has 0 atom stereocenters. The first-order chi connectivity index (χ1) is 9.48. The number of benzene rings is 1. The standard InChI is InChI=1S/C15H23N3O3/c1-10-11(7-6-8-12(10)18(20)21)9-17-13(19)14(2,3)15(4,5)16/h6-8H,9,16H2,1-5H3,(H,17,19). The molecule has 6 heteroatoms. The zero-order valence-electron chi connectivity index (χ0n) is 13.2. The summed E-state index contributed by atoms with van der Waals surface area (Å²) in [4.78, 5) is 22.8. The van der Waals surface area contributed by atoms with Gasteiger partial charge < -0.3 is 11.1 Å². The molecule has 0 radical (unpaired) electrons. The third kappa shape index (κ3) is 3.58. The van der Waals surface area contributed by atoms with E-state index in [2.05, 4.69) is 5.32 Å². The minimum absolute atomic E-state index is 0.0557. The summed E-state index contributed by atoms with van der Waals surface area (Å²) < 4.78 is 0. The molecule has 0 aliphatic carbocycles. The van der Waals surface area contributed by atoms with E-state index in [-0.39, 0.29) is 18.1 Å². The fourth-order valence-corrected chi connectivity index (χ4v) is 1.75. The molecule has 0 aromatic heterocycles. The van der Waals surface area contributed by atoms with Crippen molar-refractivity contribution in [2.24, 2.45) is 11.1 Å². The monoisotopic (exact) mass is 293 g/mol. The Kier molecular flexibility index (Phi) is 4.73. The molecule has 1 rings (SSSR count). The molecule has 116 valence electrons. The highest BCUT2D eigenvalue weighted by molar-refractivity contribution is 5.83. The number of nitro groups is 1. The molecule has 0 heterocycles. The number of rotatable bonds is 5. The maximum atomic E-state index is 12.3. The predicted molar refractivity (Wildman–Crippen MR) is 81.7 cm³/mol. The Morgan fingerprint density at radius 1 is 1.33 bits per heavy atom. The van der Waals surface area contributed by atoms with Gasteiger partial charge in [0, 0.05) is 23.7 Å². The molecule has 6 nitrogen and oxygen atoms in total. The van der Waals surface area contributed by atoms with Gasteiger partial charge in [0.25, 0.3) is 5.69 Å². The Labute approximate surface area is 124 Å². The summed E-state index contributed by atoms with van der Waals surface area (Å²) >= 11 is 0. The van der Waals surface area contributed by atoms with Crippen LogP contribution >= 0.6 is 0 Å². The van der Waals surface area contributed by atoms with E-state index in [1.807, 2.05) is 0 Å². The largest absolute Gasteiger partial charge is 0.351 e. The molecule has 0 fully saturated rings. The van der Waals surface area contributed by atoms with Crippen molar-refractivity contribution < 1.29 is 9.72 Å². The zero-order valence-corrected chi connectivity index (χ0v) is 13.2. The van der Waals surface area contributed by atoms with Crippen molar-refractivity contribution in [3.8, 4) is 0 Å². The molecule has 1 amide bonds. The molecule has 0 saturated heterocycles. The lowest BCUT2D eigenvalue weighted by molar-refractivity contribution is -0.385. The molecule has 0 aliphatic heterocycles. The van der Waals surface area contributed by atoms with E-state index in [1.54, 1.807) is 46.8 Å². The number of nitro benzene ring substituents is 1. The maximum Gasteiger partial charge on any atom is 0.272 e. The molecule has 0 saturated carbocycles. The minimum Gasteiger partial charge on any atom is -0.351 e. The number of hydrogen-bond donors (Lipinski definition) is 2. The van der Waals surface area contributed by atoms with Crippen LogP contribution in [0.1, 0.15) is 38.8 Å². The lowest BCUT2D eigenvalue weighted by atomic mass is 9.74. The summed E-state index contributed by atoms with van der Waals surface area (Å²) in [5.41, 5.74) is 5.95. The van der Waals surface area contributed by atoms with E-state index < -0.39 is 15.9 Å². The van der Waals surface area contributed by atoms with Crippen LogP contribution in [0.2, 0.25) is 0 Å². The predicted octanol–water partition coefficient (Wildman–Crippen LogP) is 2.28. The fraction of sp³-hybridized carbons (Fsp3) is 0.533. The average molecular weight is 293 g/mol. The molecule has 3 N–H and O–H groups in total. The van der Waals surface area contributed by atoms with Gasteiger partial charge in [0.1, 0.15) is 0 Å². The Morgan fingerprint density at radius 3 is 2.38 bits per heavy atom. The number of nitrogens with two attached hydrogens (primary N) is 1. The Balaban J connectivity index is 2.88. The number of amides is 1. The Bertz CT molecular complexity index is 560. The Morgan fingerprint density at radius 2 is 1.90 bits per heavy atom. The van der Waals surface area contributed by atoms with Crippen LogP contribution in [0.3, 0.4) is 0 Å². The molecule has 1 aromatic carbocycles. The van der Waals surface area contributed by atoms with Crippen molar-refractivity contribution in [2.45, 2.75) is 46.7 Å². The highest BCUT2D eigenvalue weighted by atomic mass is 16.6. The van der Waals surface area contributed by atoms with Crippen molar-refractivity contribution >= 4 is 11.6 Å². The molecular formula is C15H23N3O3. The Hall–Kier alpha value is -1.95. The number of nitrogens with one attached hydrogen (secondary N) is 1. The smallest absolute Gasteiger partial charge is 0.272 e. The first-order valence-corrected chi connectivity index (χ1v) is 6.78. The summed E-state index contributed by atoms with van der Waals surface area (Å²) in [5.74, 6) is -0.180. The second-order valence-electron chi connectivity index (χ2n) is 6.35. The number of carbonyl (C=O) groups is 1. The fourth-order valence-electron chi connectivity index (χ4n) is 1.75. The van der Waals surface area contributed by atoms with Gasteiger partial charge in [-0.05, 0) is 40.2 Å². The van der Waals surface area contributed by atoms with Crippen LogP contribution in [0.5, 0.6) is 0 Å². The van der Waals surface area contributed by atoms with Gasteiger partial charge >= 0.3 is 0 Å². The molecule has 0 spiro atoms. The maximum absolute atomic E-state index is 12.3. The summed E-state index contributed by atoms with van der Waals surface area (Å²) in [6.45, 7) is 9.07. The lowest BCUT2D eigenvalue weighted by Crippen LogP contribution is -2.55. The van der Waals surface area contributed by atoms with Gasteiger partial charge in [0.2, 0.25) is 5.91 Å². The molecule has 0 unspecified atom stereocenters. The average Bonchev–Trinajstić information content (AvgIpc) is 2.35. The number of carbonyl (C=O) groups excluding carboxylic acids is 1. The summed E-state index contributed by atoms with van der Waals surface area (Å²) in [5, 5.41) is 13.7. The van der Waals surface area contributed by atoms with Gasteiger partial charge in [-0.25, -0.2) is 0 Å². The van der Waals surface area contributed by atoms with Gasteiger partial charge in [-0.2, -0.15) is 0 Å². The zero-order chi connectivity index (χ0) is 16.4. The summed E-state index contributed by atoms with van der Waals surface area (Å²) in [6, 6.07) is 4.83. The second-order valence-corrected chi connectivity index (χ2v) is 6.35. The van der Waals surface area contributed by atoms with Crippen LogP contribution in [-0.2, 0) is 11.3 Å². The molecule has 1 aromatic rings. The topological polar surface area (TPSA) is 98.3 Å². The van der Waals surface area contributed by atoms with Crippen LogP contribution in [0, 0.1) is 22.5 Å². The lowest BCUT2D eigenvalue weighted by Gasteiger charge is -2.36. The molecular weight excluding hydrogens is 270 g/mol. The van der Waals surface area contributed by atoms with Crippen molar-refractivity contribution in [3.05, 3.63) is 39.4 Å². The third-order valence-corrected chi connectivity index (χ3v) is 4.23. The van der Waals surface area contributed by atoms with Crippen molar-refractivity contribution in [3.63, 3.8) is 0 Å². The van der Waals surface area contributed by atoms with Crippen LogP contribution in [0.4, 0.5) is 5.69 Å². The number of hydrogen-bond acceptors (Lipinski definition) is 4. The van der Waals surface area contributed by atoms with E-state index in [0.29, 0.717) is 5.56 Å². The van der Waals surface area contributed by atoms with Crippen LogP contribution < -0.4 is 11.1 Å². The molecule has 0 aliphatic rings. The highest BCUT2D eigenvalue weighted by Crippen LogP contribution is 2.28. The summed E-state index contributed by atoms with van der Waals surface area (Å²) in [7, 11) is 0. The van der Waals surface area contributed by atoms with Crippen molar-refractivity contribution in [1.82, 2.24) is 5.32 Å². The van der Waals surface area contributed by atoms with E-state index in [0.717, 1.165) is 5.56 Å². The molecule has 0 bridgehead atoms. The highest BCUT2D eigenvalue weighted by Gasteiger charge is 2.40. The van der Waals surface area contributed by atoms with Crippen LogP contribution in [-0.4, -0.2) is 16.4 Å². The van der Waals surface area contributed by atoms with Gasteiger partial charge in [0.15, 0.2) is 0 Å². The van der Waals surface area contributed by atoms with E-state index in [1.165, 1.54) is 6.07 Å². The quantitative estimate of drug-likeness (QED) is 0.642. The van der Waals surface area contributed by atoms with Gasteiger partial charge in [0.05, 0.1) is 10.3 Å². The SMILES string of the molecule is Cc1c(CNC(=O)C(C)(C)C(C)(C)N)cccc1[N+](=O)[O-]. The van der Waals surface area contributed by atoms with E-state index in [9.17, 15) is 14.9 Å². The normalized spacial score (nSPS) is 12.1. The van der Waals surface area contributed by atoms with Gasteiger partial charge in [-0.3, -0.25) is 14.9 Å². The van der Waals surface area contributed by atoms with Crippen LogP contribution in [0.15, 0.2) is 18.2 Å². The molecule has 21 heavy (non-hydrogen) atoms. The third-order valence-electron chi connectivity index (χ3n) is 4.23. The first kappa shape index (κ1) is 17.1. The summed E-state index contributed by atoms with van der Waals surface area (Å²) in [6.07, 6.45) is 0. The van der Waals surface area contributed by atoms with Crippen LogP contribution in [0.25, 0.3) is 0 Å². The van der Waals surface area contributed by atoms with E-state index >= 15 is 0 Å². The van der Waals surface area contributed by atoms with E-state index in [4.69, 9.17) is 5.73 Å². The second kappa shape index (κ2) is 5.81. The first-order valence-electron chi connectivity index (χ1n) is 6.78. The van der Waals surface area contributed by atoms with Crippen molar-refractivity contribution in [1.29, 1.82) is 0 Å². The van der Waals surface area contributed by atoms with Gasteiger partial charge in [-0.1, -0.05) is 12.1 Å².